The number of anilines is 2. The van der Waals surface area contributed by atoms with Crippen LogP contribution in [0.5, 0.6) is 0 Å². The maximum absolute atomic E-state index is 12.6. The van der Waals surface area contributed by atoms with Gasteiger partial charge in [-0.2, -0.15) is 0 Å². The number of nitrogens with two attached hydrogens (primary N) is 1. The number of hydrogen-bond acceptors (Lipinski definition) is 6. The van der Waals surface area contributed by atoms with Gasteiger partial charge in [-0.1, -0.05) is 12.1 Å². The third-order valence-electron chi connectivity index (χ3n) is 5.41. The summed E-state index contributed by atoms with van der Waals surface area (Å²) in [6.45, 7) is 7.82. The van der Waals surface area contributed by atoms with Crippen LogP contribution in [0.15, 0.2) is 36.4 Å². The average Bonchev–Trinajstić information content (AvgIpc) is 3.05. The van der Waals surface area contributed by atoms with E-state index in [1.54, 1.807) is 0 Å². The van der Waals surface area contributed by atoms with E-state index in [1.165, 1.54) is 22.6 Å². The number of hydrogen-bond donors (Lipinski definition) is 3. The normalized spacial score (nSPS) is 16.9. The second kappa shape index (κ2) is 8.39. The molecule has 1 fully saturated rings. The Morgan fingerprint density at radius 3 is 2.86 bits per heavy atom. The number of pyridine rings is 1. The minimum absolute atomic E-state index is 0.130. The largest absolute Gasteiger partial charge is 0.397 e. The number of amides is 1. The topological polar surface area (TPSA) is 83.3 Å². The fourth-order valence-corrected chi connectivity index (χ4v) is 4.79. The zero-order chi connectivity index (χ0) is 20.4. The quantitative estimate of drug-likeness (QED) is 0.603. The van der Waals surface area contributed by atoms with E-state index in [2.05, 4.69) is 51.7 Å². The SMILES string of the molecule is Cc1ccc2c(N)c(C(=O)NCCc3ccc(N4CCNC[C@@H]4C)cc3)sc2n1. The molecule has 7 heteroatoms. The van der Waals surface area contributed by atoms with Gasteiger partial charge in [0.25, 0.3) is 5.91 Å². The highest BCUT2D eigenvalue weighted by atomic mass is 32.1. The third-order valence-corrected chi connectivity index (χ3v) is 6.52. The molecule has 0 spiro atoms. The van der Waals surface area contributed by atoms with Crippen molar-refractivity contribution >= 4 is 38.8 Å². The molecule has 2 aromatic heterocycles. The molecular formula is C22H27N5OS. The van der Waals surface area contributed by atoms with Crippen molar-refractivity contribution in [3.05, 3.63) is 52.5 Å². The zero-order valence-corrected chi connectivity index (χ0v) is 17.7. The molecule has 1 saturated heterocycles. The van der Waals surface area contributed by atoms with Crippen molar-refractivity contribution in [3.63, 3.8) is 0 Å². The van der Waals surface area contributed by atoms with Gasteiger partial charge in [-0.3, -0.25) is 4.79 Å². The highest BCUT2D eigenvalue weighted by Crippen LogP contribution is 2.32. The first kappa shape index (κ1) is 19.7. The smallest absolute Gasteiger partial charge is 0.263 e. The Hall–Kier alpha value is -2.64. The van der Waals surface area contributed by atoms with Gasteiger partial charge in [0.2, 0.25) is 0 Å². The number of fused-ring (bicyclic) bond motifs is 1. The number of nitrogens with one attached hydrogen (secondary N) is 2. The van der Waals surface area contributed by atoms with Crippen LogP contribution in [0.25, 0.3) is 10.2 Å². The number of carbonyl (C=O) groups is 1. The van der Waals surface area contributed by atoms with Gasteiger partial charge in [0.05, 0.1) is 5.69 Å². The summed E-state index contributed by atoms with van der Waals surface area (Å²) in [5.74, 6) is -0.130. The molecule has 1 atom stereocenters. The summed E-state index contributed by atoms with van der Waals surface area (Å²) < 4.78 is 0. The van der Waals surface area contributed by atoms with E-state index in [-0.39, 0.29) is 5.91 Å². The van der Waals surface area contributed by atoms with Gasteiger partial charge in [0.1, 0.15) is 9.71 Å². The van der Waals surface area contributed by atoms with E-state index in [0.29, 0.717) is 23.2 Å². The van der Waals surface area contributed by atoms with Crippen LogP contribution in [-0.2, 0) is 6.42 Å². The lowest BCUT2D eigenvalue weighted by molar-refractivity contribution is 0.0959. The zero-order valence-electron chi connectivity index (χ0n) is 16.9. The van der Waals surface area contributed by atoms with E-state index in [9.17, 15) is 4.79 Å². The molecule has 0 radical (unpaired) electrons. The van der Waals surface area contributed by atoms with Gasteiger partial charge < -0.3 is 21.3 Å². The van der Waals surface area contributed by atoms with E-state index in [4.69, 9.17) is 5.73 Å². The number of aryl methyl sites for hydroxylation is 1. The molecule has 1 aliphatic heterocycles. The molecule has 1 aliphatic rings. The maximum atomic E-state index is 12.6. The minimum atomic E-state index is -0.130. The summed E-state index contributed by atoms with van der Waals surface area (Å²) in [4.78, 5) is 20.8. The van der Waals surface area contributed by atoms with Crippen molar-refractivity contribution < 1.29 is 4.79 Å². The Morgan fingerprint density at radius 1 is 1.31 bits per heavy atom. The second-order valence-corrected chi connectivity index (χ2v) is 8.57. The number of nitrogens with zero attached hydrogens (tertiary/aromatic N) is 2. The molecule has 4 rings (SSSR count). The summed E-state index contributed by atoms with van der Waals surface area (Å²) in [7, 11) is 0. The van der Waals surface area contributed by atoms with Crippen LogP contribution < -0.4 is 21.3 Å². The van der Waals surface area contributed by atoms with Crippen LogP contribution >= 0.6 is 11.3 Å². The van der Waals surface area contributed by atoms with Crippen LogP contribution in [0.3, 0.4) is 0 Å². The highest BCUT2D eigenvalue weighted by Gasteiger charge is 2.18. The molecule has 4 N–H and O–H groups in total. The van der Waals surface area contributed by atoms with Gasteiger partial charge in [-0.25, -0.2) is 4.98 Å². The Labute approximate surface area is 175 Å². The molecule has 1 amide bonds. The molecule has 6 nitrogen and oxygen atoms in total. The van der Waals surface area contributed by atoms with Crippen molar-refractivity contribution in [3.8, 4) is 0 Å². The second-order valence-electron chi connectivity index (χ2n) is 7.57. The molecule has 0 aliphatic carbocycles. The van der Waals surface area contributed by atoms with E-state index >= 15 is 0 Å². The lowest BCUT2D eigenvalue weighted by atomic mass is 10.1. The summed E-state index contributed by atoms with van der Waals surface area (Å²) >= 11 is 1.35. The predicted molar refractivity (Wildman–Crippen MR) is 121 cm³/mol. The maximum Gasteiger partial charge on any atom is 0.263 e. The predicted octanol–water partition coefficient (Wildman–Crippen LogP) is 2.96. The fourth-order valence-electron chi connectivity index (χ4n) is 3.74. The van der Waals surface area contributed by atoms with Crippen LogP contribution in [-0.4, -0.2) is 43.1 Å². The Morgan fingerprint density at radius 2 is 2.10 bits per heavy atom. The molecule has 0 saturated carbocycles. The Balaban J connectivity index is 1.35. The Kier molecular flexibility index (Phi) is 5.69. The van der Waals surface area contributed by atoms with Crippen LogP contribution in [0, 0.1) is 6.92 Å². The van der Waals surface area contributed by atoms with Crippen molar-refractivity contribution in [1.29, 1.82) is 0 Å². The van der Waals surface area contributed by atoms with Crippen molar-refractivity contribution in [1.82, 2.24) is 15.6 Å². The van der Waals surface area contributed by atoms with E-state index < -0.39 is 0 Å². The van der Waals surface area contributed by atoms with Crippen LogP contribution in [0.4, 0.5) is 11.4 Å². The van der Waals surface area contributed by atoms with E-state index in [0.717, 1.165) is 42.0 Å². The first-order valence-corrected chi connectivity index (χ1v) is 10.8. The van der Waals surface area contributed by atoms with E-state index in [1.807, 2.05) is 19.1 Å². The Bertz CT molecular complexity index is 1010. The van der Waals surface area contributed by atoms with Crippen LogP contribution in [0.1, 0.15) is 27.9 Å². The van der Waals surface area contributed by atoms with Crippen LogP contribution in [0.2, 0.25) is 0 Å². The molecule has 152 valence electrons. The lowest BCUT2D eigenvalue weighted by Crippen LogP contribution is -2.49. The summed E-state index contributed by atoms with van der Waals surface area (Å²) in [5.41, 5.74) is 10.1. The number of carbonyl (C=O) groups excluding carboxylic acids is 1. The number of aromatic nitrogens is 1. The molecule has 0 bridgehead atoms. The number of thiophene rings is 1. The molecule has 0 unspecified atom stereocenters. The number of benzene rings is 1. The van der Waals surface area contributed by atoms with Crippen molar-refractivity contribution in [2.45, 2.75) is 26.3 Å². The van der Waals surface area contributed by atoms with Crippen molar-refractivity contribution in [2.24, 2.45) is 0 Å². The van der Waals surface area contributed by atoms with Gasteiger partial charge in [0, 0.05) is 49.0 Å². The molecular weight excluding hydrogens is 382 g/mol. The summed E-state index contributed by atoms with van der Waals surface area (Å²) in [6.07, 6.45) is 0.783. The average molecular weight is 410 g/mol. The highest BCUT2D eigenvalue weighted by molar-refractivity contribution is 7.21. The summed E-state index contributed by atoms with van der Waals surface area (Å²) in [6, 6.07) is 13.0. The third kappa shape index (κ3) is 4.21. The molecule has 3 aromatic rings. The van der Waals surface area contributed by atoms with Gasteiger partial charge >= 0.3 is 0 Å². The molecule has 3 heterocycles. The fraction of sp³-hybridized carbons (Fsp3) is 0.364. The number of rotatable bonds is 5. The van der Waals surface area contributed by atoms with Crippen molar-refractivity contribution in [2.75, 3.05) is 36.8 Å². The number of piperazine rings is 1. The first-order chi connectivity index (χ1) is 14.0. The minimum Gasteiger partial charge on any atom is -0.397 e. The summed E-state index contributed by atoms with van der Waals surface area (Å²) in [5, 5.41) is 7.26. The van der Waals surface area contributed by atoms with Gasteiger partial charge in [0.15, 0.2) is 0 Å². The molecule has 29 heavy (non-hydrogen) atoms. The first-order valence-electron chi connectivity index (χ1n) is 10.0. The molecule has 1 aromatic carbocycles. The number of nitrogen functional groups attached to an aromatic ring is 1. The van der Waals surface area contributed by atoms with Gasteiger partial charge in [-0.15, -0.1) is 11.3 Å². The van der Waals surface area contributed by atoms with Gasteiger partial charge in [-0.05, 0) is 50.1 Å². The monoisotopic (exact) mass is 409 g/mol. The standard InChI is InChI=1S/C22H27N5OS/c1-14-3-8-18-19(23)20(29-22(18)26-14)21(28)25-10-9-16-4-6-17(7-5-16)27-12-11-24-13-15(27)2/h3-8,15,24H,9-13,23H2,1-2H3,(H,25,28)/t15-/m0/s1. The lowest BCUT2D eigenvalue weighted by Gasteiger charge is -2.36.